The lowest BCUT2D eigenvalue weighted by atomic mass is 10.0. The van der Waals surface area contributed by atoms with Crippen molar-refractivity contribution in [1.82, 2.24) is 9.88 Å². The lowest BCUT2D eigenvalue weighted by Crippen LogP contribution is -2.28. The Morgan fingerprint density at radius 2 is 1.83 bits per heavy atom. The van der Waals surface area contributed by atoms with Gasteiger partial charge in [-0.3, -0.25) is 4.98 Å². The molecule has 0 aliphatic heterocycles. The number of hydrogen-bond acceptors (Lipinski definition) is 4. The van der Waals surface area contributed by atoms with E-state index in [0.29, 0.717) is 13.0 Å². The van der Waals surface area contributed by atoms with Crippen LogP contribution in [0.1, 0.15) is 37.5 Å². The lowest BCUT2D eigenvalue weighted by Gasteiger charge is -2.23. The zero-order chi connectivity index (χ0) is 17.2. The molecule has 0 radical (unpaired) electrons. The Morgan fingerprint density at radius 1 is 1.08 bits per heavy atom. The SMILES string of the molecule is CCOc1ccccc1C(O)CCN(CC)CCc1ccncc1. The predicted molar refractivity (Wildman–Crippen MR) is 97.2 cm³/mol. The second-order valence-corrected chi connectivity index (χ2v) is 5.82. The third kappa shape index (κ3) is 5.62. The van der Waals surface area contributed by atoms with Gasteiger partial charge in [-0.05, 0) is 50.1 Å². The molecule has 0 aliphatic rings. The van der Waals surface area contributed by atoms with Gasteiger partial charge in [-0.15, -0.1) is 0 Å². The van der Waals surface area contributed by atoms with E-state index in [1.54, 1.807) is 0 Å². The Kier molecular flexibility index (Phi) is 7.72. The van der Waals surface area contributed by atoms with Crippen molar-refractivity contribution in [3.63, 3.8) is 0 Å². The summed E-state index contributed by atoms with van der Waals surface area (Å²) in [6.45, 7) is 7.55. The molecule has 1 heterocycles. The summed E-state index contributed by atoms with van der Waals surface area (Å²) in [5, 5.41) is 10.5. The Balaban J connectivity index is 1.86. The van der Waals surface area contributed by atoms with Crippen molar-refractivity contribution in [3.8, 4) is 5.75 Å². The highest BCUT2D eigenvalue weighted by Crippen LogP contribution is 2.27. The fourth-order valence-corrected chi connectivity index (χ4v) is 2.77. The zero-order valence-electron chi connectivity index (χ0n) is 14.7. The number of aromatic nitrogens is 1. The van der Waals surface area contributed by atoms with Crippen LogP contribution in [0.2, 0.25) is 0 Å². The van der Waals surface area contributed by atoms with Crippen LogP contribution in [0.5, 0.6) is 5.75 Å². The molecule has 4 heteroatoms. The lowest BCUT2D eigenvalue weighted by molar-refractivity contribution is 0.140. The second-order valence-electron chi connectivity index (χ2n) is 5.82. The summed E-state index contributed by atoms with van der Waals surface area (Å²) in [6, 6.07) is 11.9. The molecule has 0 saturated heterocycles. The molecule has 0 aliphatic carbocycles. The molecular weight excluding hydrogens is 300 g/mol. The van der Waals surface area contributed by atoms with E-state index in [4.69, 9.17) is 4.74 Å². The zero-order valence-corrected chi connectivity index (χ0v) is 14.7. The first-order valence-corrected chi connectivity index (χ1v) is 8.75. The third-order valence-electron chi connectivity index (χ3n) is 4.21. The van der Waals surface area contributed by atoms with Gasteiger partial charge in [0.15, 0.2) is 0 Å². The number of hydrogen-bond donors (Lipinski definition) is 1. The summed E-state index contributed by atoms with van der Waals surface area (Å²) in [5.41, 5.74) is 2.18. The number of benzene rings is 1. The maximum absolute atomic E-state index is 10.5. The Labute approximate surface area is 145 Å². The molecule has 1 aromatic carbocycles. The smallest absolute Gasteiger partial charge is 0.125 e. The van der Waals surface area contributed by atoms with Crippen LogP contribution in [0.15, 0.2) is 48.8 Å². The van der Waals surface area contributed by atoms with Gasteiger partial charge >= 0.3 is 0 Å². The maximum atomic E-state index is 10.5. The van der Waals surface area contributed by atoms with Gasteiger partial charge in [-0.25, -0.2) is 0 Å². The minimum absolute atomic E-state index is 0.497. The van der Waals surface area contributed by atoms with Crippen molar-refractivity contribution in [3.05, 3.63) is 59.9 Å². The summed E-state index contributed by atoms with van der Waals surface area (Å²) in [7, 11) is 0. The van der Waals surface area contributed by atoms with Crippen LogP contribution in [0.4, 0.5) is 0 Å². The van der Waals surface area contributed by atoms with Crippen LogP contribution in [0.3, 0.4) is 0 Å². The minimum Gasteiger partial charge on any atom is -0.493 e. The number of pyridine rings is 1. The standard InChI is InChI=1S/C20H28N2O2/c1-3-22(15-11-17-9-13-21-14-10-17)16-12-19(23)18-7-5-6-8-20(18)24-4-2/h5-10,13-14,19,23H,3-4,11-12,15-16H2,1-2H3. The summed E-state index contributed by atoms with van der Waals surface area (Å²) in [6.07, 6.45) is 4.87. The number of rotatable bonds is 10. The van der Waals surface area contributed by atoms with E-state index in [0.717, 1.165) is 37.4 Å². The fourth-order valence-electron chi connectivity index (χ4n) is 2.77. The molecule has 4 nitrogen and oxygen atoms in total. The second kappa shape index (κ2) is 10.1. The Bertz CT molecular complexity index is 589. The average molecular weight is 328 g/mol. The van der Waals surface area contributed by atoms with E-state index in [1.807, 2.05) is 43.6 Å². The van der Waals surface area contributed by atoms with E-state index in [-0.39, 0.29) is 0 Å². The van der Waals surface area contributed by atoms with Crippen LogP contribution >= 0.6 is 0 Å². The van der Waals surface area contributed by atoms with Crippen molar-refractivity contribution in [1.29, 1.82) is 0 Å². The normalized spacial score (nSPS) is 12.3. The average Bonchev–Trinajstić information content (AvgIpc) is 2.63. The van der Waals surface area contributed by atoms with Crippen molar-refractivity contribution >= 4 is 0 Å². The first-order chi connectivity index (χ1) is 11.7. The van der Waals surface area contributed by atoms with Gasteiger partial charge in [-0.2, -0.15) is 0 Å². The van der Waals surface area contributed by atoms with Crippen LogP contribution < -0.4 is 4.74 Å². The monoisotopic (exact) mass is 328 g/mol. The molecule has 2 aromatic rings. The molecule has 1 atom stereocenters. The first kappa shape index (κ1) is 18.4. The van der Waals surface area contributed by atoms with E-state index in [1.165, 1.54) is 5.56 Å². The van der Waals surface area contributed by atoms with E-state index >= 15 is 0 Å². The molecular formula is C20H28N2O2. The van der Waals surface area contributed by atoms with Gasteiger partial charge < -0.3 is 14.7 Å². The highest BCUT2D eigenvalue weighted by atomic mass is 16.5. The molecule has 0 saturated carbocycles. The van der Waals surface area contributed by atoms with Gasteiger partial charge in [0.05, 0.1) is 12.7 Å². The van der Waals surface area contributed by atoms with Crippen LogP contribution in [0, 0.1) is 0 Å². The van der Waals surface area contributed by atoms with Gasteiger partial charge in [0.1, 0.15) is 5.75 Å². The van der Waals surface area contributed by atoms with Gasteiger partial charge in [0.25, 0.3) is 0 Å². The molecule has 0 bridgehead atoms. The van der Waals surface area contributed by atoms with E-state index in [2.05, 4.69) is 28.9 Å². The third-order valence-corrected chi connectivity index (χ3v) is 4.21. The van der Waals surface area contributed by atoms with Gasteiger partial charge in [0, 0.05) is 31.0 Å². The van der Waals surface area contributed by atoms with Crippen LogP contribution in [-0.2, 0) is 6.42 Å². The first-order valence-electron chi connectivity index (χ1n) is 8.75. The highest BCUT2D eigenvalue weighted by Gasteiger charge is 2.14. The van der Waals surface area contributed by atoms with Crippen molar-refractivity contribution in [2.24, 2.45) is 0 Å². The van der Waals surface area contributed by atoms with Gasteiger partial charge in [0.2, 0.25) is 0 Å². The number of aliphatic hydroxyl groups is 1. The van der Waals surface area contributed by atoms with Gasteiger partial charge in [-0.1, -0.05) is 25.1 Å². The van der Waals surface area contributed by atoms with E-state index < -0.39 is 6.10 Å². The molecule has 24 heavy (non-hydrogen) atoms. The molecule has 130 valence electrons. The minimum atomic E-state index is -0.497. The topological polar surface area (TPSA) is 45.6 Å². The number of aliphatic hydroxyl groups excluding tert-OH is 1. The summed E-state index contributed by atoms with van der Waals surface area (Å²) < 4.78 is 5.62. The molecule has 2 rings (SSSR count). The number of ether oxygens (including phenoxy) is 1. The quantitative estimate of drug-likeness (QED) is 0.725. The Morgan fingerprint density at radius 3 is 2.54 bits per heavy atom. The molecule has 0 spiro atoms. The number of para-hydroxylation sites is 1. The summed E-state index contributed by atoms with van der Waals surface area (Å²) in [4.78, 5) is 6.42. The largest absolute Gasteiger partial charge is 0.493 e. The van der Waals surface area contributed by atoms with Crippen molar-refractivity contribution < 1.29 is 9.84 Å². The molecule has 0 fully saturated rings. The maximum Gasteiger partial charge on any atom is 0.125 e. The predicted octanol–water partition coefficient (Wildman–Crippen LogP) is 3.47. The number of nitrogens with zero attached hydrogens (tertiary/aromatic N) is 2. The molecule has 1 N–H and O–H groups in total. The Hall–Kier alpha value is -1.91. The summed E-state index contributed by atoms with van der Waals surface area (Å²) >= 11 is 0. The fraction of sp³-hybridized carbons (Fsp3) is 0.450. The molecule has 0 amide bonds. The molecule has 1 aromatic heterocycles. The number of likely N-dealkylation sites (N-methyl/N-ethyl adjacent to an activating group) is 1. The van der Waals surface area contributed by atoms with Crippen LogP contribution in [0.25, 0.3) is 0 Å². The summed E-state index contributed by atoms with van der Waals surface area (Å²) in [5.74, 6) is 0.785. The molecule has 1 unspecified atom stereocenters. The van der Waals surface area contributed by atoms with Crippen molar-refractivity contribution in [2.45, 2.75) is 32.8 Å². The van der Waals surface area contributed by atoms with Crippen molar-refractivity contribution in [2.75, 3.05) is 26.2 Å². The van der Waals surface area contributed by atoms with Crippen LogP contribution in [-0.4, -0.2) is 41.2 Å². The highest BCUT2D eigenvalue weighted by molar-refractivity contribution is 5.35. The van der Waals surface area contributed by atoms with E-state index in [9.17, 15) is 5.11 Å².